The zero-order chi connectivity index (χ0) is 17.2. The first kappa shape index (κ1) is 16.6. The van der Waals surface area contributed by atoms with Gasteiger partial charge in [0, 0.05) is 26.1 Å². The van der Waals surface area contributed by atoms with Crippen molar-refractivity contribution in [1.29, 1.82) is 0 Å². The molecule has 1 saturated heterocycles. The van der Waals surface area contributed by atoms with Crippen LogP contribution in [0.3, 0.4) is 0 Å². The normalized spacial score (nSPS) is 26.8. The van der Waals surface area contributed by atoms with E-state index in [9.17, 15) is 9.59 Å². The van der Waals surface area contributed by atoms with E-state index < -0.39 is 17.9 Å². The molecule has 0 bridgehead atoms. The maximum absolute atomic E-state index is 11.9. The molecule has 2 heterocycles. The molecular weight excluding hydrogens is 314 g/mol. The molecule has 0 aromatic heterocycles. The van der Waals surface area contributed by atoms with Gasteiger partial charge in [0.15, 0.2) is 29.0 Å². The summed E-state index contributed by atoms with van der Waals surface area (Å²) in [6.07, 6.45) is -1.31. The van der Waals surface area contributed by atoms with E-state index in [1.165, 1.54) is 7.11 Å². The predicted molar refractivity (Wildman–Crippen MR) is 84.3 cm³/mol. The Kier molecular flexibility index (Phi) is 4.62. The number of carbonyl (C=O) groups excluding carboxylic acids is 2. The number of carbonyl (C=O) groups is 2. The highest BCUT2D eigenvalue weighted by atomic mass is 16.7. The summed E-state index contributed by atoms with van der Waals surface area (Å²) >= 11 is 0. The summed E-state index contributed by atoms with van der Waals surface area (Å²) in [5, 5.41) is 0. The van der Waals surface area contributed by atoms with Crippen molar-refractivity contribution in [2.75, 3.05) is 33.4 Å². The third-order valence-corrected chi connectivity index (χ3v) is 4.16. The number of likely N-dealkylation sites (tertiary alicyclic amines) is 1. The summed E-state index contributed by atoms with van der Waals surface area (Å²) < 4.78 is 21.4. The van der Waals surface area contributed by atoms with Gasteiger partial charge in [0.2, 0.25) is 0 Å². The van der Waals surface area contributed by atoms with Crippen molar-refractivity contribution in [3.8, 4) is 11.5 Å². The number of ether oxygens (including phenoxy) is 4. The van der Waals surface area contributed by atoms with Gasteiger partial charge < -0.3 is 18.9 Å². The van der Waals surface area contributed by atoms with E-state index in [1.807, 2.05) is 36.1 Å². The van der Waals surface area contributed by atoms with Gasteiger partial charge in [-0.1, -0.05) is 12.1 Å². The van der Waals surface area contributed by atoms with Crippen LogP contribution in [0.4, 0.5) is 4.79 Å². The zero-order valence-electron chi connectivity index (χ0n) is 13.8. The van der Waals surface area contributed by atoms with Crippen LogP contribution in [0.2, 0.25) is 0 Å². The van der Waals surface area contributed by atoms with Crippen molar-refractivity contribution < 1.29 is 28.5 Å². The first-order valence-corrected chi connectivity index (χ1v) is 7.90. The van der Waals surface area contributed by atoms with Gasteiger partial charge in [0.1, 0.15) is 6.61 Å². The van der Waals surface area contributed by atoms with Crippen LogP contribution in [0.1, 0.15) is 13.3 Å². The molecule has 7 nitrogen and oxygen atoms in total. The number of hydrogen-bond acceptors (Lipinski definition) is 7. The first-order valence-electron chi connectivity index (χ1n) is 7.90. The number of rotatable bonds is 3. The van der Waals surface area contributed by atoms with Crippen molar-refractivity contribution in [3.05, 3.63) is 24.3 Å². The summed E-state index contributed by atoms with van der Waals surface area (Å²) in [6.45, 7) is 3.87. The van der Waals surface area contributed by atoms with E-state index in [-0.39, 0.29) is 5.78 Å². The Morgan fingerprint density at radius 1 is 1.38 bits per heavy atom. The van der Waals surface area contributed by atoms with E-state index in [0.29, 0.717) is 38.4 Å². The second-order valence-electron chi connectivity index (χ2n) is 6.30. The molecule has 1 fully saturated rings. The minimum absolute atomic E-state index is 0.0899. The monoisotopic (exact) mass is 335 g/mol. The average Bonchev–Trinajstić information content (AvgIpc) is 2.57. The quantitative estimate of drug-likeness (QED) is 0.777. The van der Waals surface area contributed by atoms with Crippen LogP contribution in [0.5, 0.6) is 11.5 Å². The number of piperidine rings is 1. The highest BCUT2D eigenvalue weighted by Crippen LogP contribution is 2.35. The van der Waals surface area contributed by atoms with E-state index in [1.54, 1.807) is 0 Å². The smallest absolute Gasteiger partial charge is 0.485 e. The Morgan fingerprint density at radius 3 is 2.88 bits per heavy atom. The van der Waals surface area contributed by atoms with Crippen LogP contribution in [0, 0.1) is 0 Å². The van der Waals surface area contributed by atoms with E-state index in [0.717, 1.165) is 5.75 Å². The molecule has 0 N–H and O–H groups in total. The Hall–Kier alpha value is -2.28. The molecule has 0 saturated carbocycles. The lowest BCUT2D eigenvalue weighted by molar-refractivity contribution is -0.134. The molecule has 0 radical (unpaired) electrons. The highest BCUT2D eigenvalue weighted by molar-refractivity contribution is 5.85. The molecule has 130 valence electrons. The Morgan fingerprint density at radius 2 is 2.12 bits per heavy atom. The van der Waals surface area contributed by atoms with Crippen molar-refractivity contribution in [1.82, 2.24) is 4.90 Å². The van der Waals surface area contributed by atoms with Gasteiger partial charge in [-0.2, -0.15) is 0 Å². The largest absolute Gasteiger partial charge is 0.508 e. The van der Waals surface area contributed by atoms with Gasteiger partial charge in [-0.25, -0.2) is 4.79 Å². The standard InChI is InChI=1S/C17H21NO6/c1-17(11-22-13-5-3-4-6-14(13)24-17)10-18-8-7-12(19)15(9-18)23-16(20)21-2/h3-6,15H,7-11H2,1-2H3. The molecule has 7 heteroatoms. The summed E-state index contributed by atoms with van der Waals surface area (Å²) in [5.74, 6) is 1.35. The number of fused-ring (bicyclic) bond motifs is 1. The summed E-state index contributed by atoms with van der Waals surface area (Å²) in [6, 6.07) is 7.54. The van der Waals surface area contributed by atoms with Crippen molar-refractivity contribution in [2.24, 2.45) is 0 Å². The molecule has 2 unspecified atom stereocenters. The van der Waals surface area contributed by atoms with Crippen LogP contribution in [-0.2, 0) is 14.3 Å². The number of hydrogen-bond donors (Lipinski definition) is 0. The zero-order valence-corrected chi connectivity index (χ0v) is 13.8. The minimum Gasteiger partial charge on any atom is -0.485 e. The van der Waals surface area contributed by atoms with Crippen LogP contribution >= 0.6 is 0 Å². The summed E-state index contributed by atoms with van der Waals surface area (Å²) in [4.78, 5) is 25.2. The lowest BCUT2D eigenvalue weighted by atomic mass is 10.0. The number of ketones is 1. The highest BCUT2D eigenvalue weighted by Gasteiger charge is 2.38. The molecule has 2 atom stereocenters. The first-order chi connectivity index (χ1) is 11.5. The molecule has 0 amide bonds. The number of para-hydroxylation sites is 2. The molecule has 3 rings (SSSR count). The molecule has 0 aliphatic carbocycles. The van der Waals surface area contributed by atoms with E-state index >= 15 is 0 Å². The minimum atomic E-state index is -0.840. The lowest BCUT2D eigenvalue weighted by Crippen LogP contribution is -2.55. The molecule has 24 heavy (non-hydrogen) atoms. The van der Waals surface area contributed by atoms with E-state index in [2.05, 4.69) is 4.74 Å². The molecule has 1 aromatic rings. The van der Waals surface area contributed by atoms with Crippen LogP contribution < -0.4 is 9.47 Å². The van der Waals surface area contributed by atoms with Gasteiger partial charge in [-0.05, 0) is 19.1 Å². The van der Waals surface area contributed by atoms with Crippen molar-refractivity contribution >= 4 is 11.9 Å². The van der Waals surface area contributed by atoms with Gasteiger partial charge in [-0.3, -0.25) is 9.69 Å². The molecule has 1 aromatic carbocycles. The van der Waals surface area contributed by atoms with E-state index in [4.69, 9.17) is 14.2 Å². The van der Waals surface area contributed by atoms with Crippen LogP contribution in [0.15, 0.2) is 24.3 Å². The topological polar surface area (TPSA) is 74.3 Å². The van der Waals surface area contributed by atoms with Crippen molar-refractivity contribution in [2.45, 2.75) is 25.0 Å². The maximum Gasteiger partial charge on any atom is 0.508 e. The molecule has 0 spiro atoms. The van der Waals surface area contributed by atoms with Crippen LogP contribution in [0.25, 0.3) is 0 Å². The Labute approximate surface area is 140 Å². The Bertz CT molecular complexity index is 633. The number of benzene rings is 1. The summed E-state index contributed by atoms with van der Waals surface area (Å²) in [5.41, 5.74) is -0.537. The summed E-state index contributed by atoms with van der Waals surface area (Å²) in [7, 11) is 1.22. The fourth-order valence-electron chi connectivity index (χ4n) is 3.00. The third kappa shape index (κ3) is 3.62. The molecule has 2 aliphatic rings. The average molecular weight is 335 g/mol. The van der Waals surface area contributed by atoms with Crippen molar-refractivity contribution in [3.63, 3.8) is 0 Å². The Balaban J connectivity index is 1.63. The second-order valence-corrected chi connectivity index (χ2v) is 6.30. The number of Topliss-reactive ketones (excluding diaryl/α,β-unsaturated/α-hetero) is 1. The van der Waals surface area contributed by atoms with Gasteiger partial charge in [0.05, 0.1) is 7.11 Å². The predicted octanol–water partition coefficient (Wildman–Crippen LogP) is 1.64. The third-order valence-electron chi connectivity index (χ3n) is 4.16. The lowest BCUT2D eigenvalue weighted by Gasteiger charge is -2.40. The molecular formula is C17H21NO6. The number of nitrogens with zero attached hydrogens (tertiary/aromatic N) is 1. The maximum atomic E-state index is 11.9. The number of methoxy groups -OCH3 is 1. The van der Waals surface area contributed by atoms with Crippen LogP contribution in [-0.4, -0.2) is 61.9 Å². The van der Waals surface area contributed by atoms with Gasteiger partial charge >= 0.3 is 6.16 Å². The fourth-order valence-corrected chi connectivity index (χ4v) is 3.00. The fraction of sp³-hybridized carbons (Fsp3) is 0.529. The van der Waals surface area contributed by atoms with Gasteiger partial charge in [0.25, 0.3) is 0 Å². The molecule has 2 aliphatic heterocycles. The SMILES string of the molecule is COC(=O)OC1CN(CC2(C)COc3ccccc3O2)CCC1=O. The second kappa shape index (κ2) is 6.68. The van der Waals surface area contributed by atoms with Gasteiger partial charge in [-0.15, -0.1) is 0 Å².